The van der Waals surface area contributed by atoms with Gasteiger partial charge >= 0.3 is 5.97 Å². The van der Waals surface area contributed by atoms with Crippen LogP contribution >= 0.6 is 0 Å². The zero-order valence-corrected chi connectivity index (χ0v) is 21.1. The normalized spacial score (nSPS) is 15.3. The Morgan fingerprint density at radius 2 is 1.81 bits per heavy atom. The molecule has 1 unspecified atom stereocenters. The van der Waals surface area contributed by atoms with Crippen molar-refractivity contribution in [1.82, 2.24) is 9.88 Å². The van der Waals surface area contributed by atoms with Gasteiger partial charge in [0.2, 0.25) is 5.91 Å². The van der Waals surface area contributed by atoms with Crippen LogP contribution in [-0.2, 0) is 16.0 Å². The summed E-state index contributed by atoms with van der Waals surface area (Å²) in [5.41, 5.74) is 5.59. The highest BCUT2D eigenvalue weighted by molar-refractivity contribution is 5.93. The molecule has 1 aromatic heterocycles. The number of likely N-dealkylation sites (tertiary alicyclic amines) is 1. The Morgan fingerprint density at radius 1 is 1.08 bits per heavy atom. The number of carboxylic acids is 1. The van der Waals surface area contributed by atoms with E-state index in [1.807, 2.05) is 73.5 Å². The van der Waals surface area contributed by atoms with Crippen LogP contribution in [0.25, 0.3) is 11.3 Å². The fourth-order valence-corrected chi connectivity index (χ4v) is 4.92. The highest BCUT2D eigenvalue weighted by atomic mass is 16.4. The molecule has 1 saturated heterocycles. The fraction of sp³-hybridized carbons (Fsp3) is 0.345. The molecule has 0 spiro atoms. The lowest BCUT2D eigenvalue weighted by Crippen LogP contribution is -2.42. The third-order valence-electron chi connectivity index (χ3n) is 6.99. The highest BCUT2D eigenvalue weighted by Crippen LogP contribution is 2.30. The standard InChI is InChI=1S/C29H34N4O3/c1-4-20-11-13-25(32-27(20)30-3)24-18-23(12-10-19(24)2)31-28(34)22-14-16-33(17-15-22)26(29(35)36)21-8-6-5-7-9-21/h5-13,18,22,26H,4,14-17H2,1-3H3,(H,30,32)(H,31,34)(H,35,36). The van der Waals surface area contributed by atoms with Crippen LogP contribution in [0.1, 0.15) is 42.5 Å². The number of aliphatic carboxylic acids is 1. The Hall–Kier alpha value is -3.71. The van der Waals surface area contributed by atoms with E-state index in [-0.39, 0.29) is 11.8 Å². The molecular weight excluding hydrogens is 452 g/mol. The molecule has 36 heavy (non-hydrogen) atoms. The van der Waals surface area contributed by atoms with Gasteiger partial charge < -0.3 is 15.7 Å². The third kappa shape index (κ3) is 5.57. The van der Waals surface area contributed by atoms with Gasteiger partial charge in [0.05, 0.1) is 5.69 Å². The lowest BCUT2D eigenvalue weighted by atomic mass is 9.93. The number of amides is 1. The molecule has 0 saturated carbocycles. The van der Waals surface area contributed by atoms with Crippen molar-refractivity contribution in [2.75, 3.05) is 30.8 Å². The molecule has 1 amide bonds. The van der Waals surface area contributed by atoms with Gasteiger partial charge in [-0.3, -0.25) is 14.5 Å². The topological polar surface area (TPSA) is 94.6 Å². The molecule has 3 N–H and O–H groups in total. The zero-order chi connectivity index (χ0) is 25.7. The number of aromatic nitrogens is 1. The van der Waals surface area contributed by atoms with Gasteiger partial charge in [-0.15, -0.1) is 0 Å². The largest absolute Gasteiger partial charge is 0.480 e. The number of benzene rings is 2. The van der Waals surface area contributed by atoms with Crippen LogP contribution in [0.3, 0.4) is 0 Å². The summed E-state index contributed by atoms with van der Waals surface area (Å²) >= 11 is 0. The quantitative estimate of drug-likeness (QED) is 0.408. The van der Waals surface area contributed by atoms with E-state index in [9.17, 15) is 14.7 Å². The molecule has 7 heteroatoms. The van der Waals surface area contributed by atoms with Crippen LogP contribution in [0.2, 0.25) is 0 Å². The predicted octanol–water partition coefficient (Wildman–Crippen LogP) is 5.14. The number of hydrogen-bond acceptors (Lipinski definition) is 5. The van der Waals surface area contributed by atoms with E-state index < -0.39 is 12.0 Å². The highest BCUT2D eigenvalue weighted by Gasteiger charge is 2.33. The van der Waals surface area contributed by atoms with Gasteiger partial charge in [-0.25, -0.2) is 4.98 Å². The summed E-state index contributed by atoms with van der Waals surface area (Å²) in [5, 5.41) is 16.1. The number of piperidine rings is 1. The Labute approximate surface area is 212 Å². The second-order valence-corrected chi connectivity index (χ2v) is 9.29. The van der Waals surface area contributed by atoms with Gasteiger partial charge in [0.1, 0.15) is 11.9 Å². The van der Waals surface area contributed by atoms with Crippen LogP contribution in [0, 0.1) is 12.8 Å². The van der Waals surface area contributed by atoms with Crippen LogP contribution in [0.4, 0.5) is 11.5 Å². The van der Waals surface area contributed by atoms with Crippen LogP contribution < -0.4 is 10.6 Å². The van der Waals surface area contributed by atoms with Crippen molar-refractivity contribution >= 4 is 23.4 Å². The van der Waals surface area contributed by atoms with E-state index in [1.54, 1.807) is 0 Å². The second-order valence-electron chi connectivity index (χ2n) is 9.29. The number of rotatable bonds is 8. The maximum atomic E-state index is 13.1. The first kappa shape index (κ1) is 25.4. The van der Waals surface area contributed by atoms with Crippen molar-refractivity contribution in [2.24, 2.45) is 5.92 Å². The number of nitrogens with zero attached hydrogens (tertiary/aromatic N) is 2. The maximum absolute atomic E-state index is 13.1. The van der Waals surface area contributed by atoms with Gasteiger partial charge in [0.25, 0.3) is 0 Å². The van der Waals surface area contributed by atoms with Crippen molar-refractivity contribution in [3.05, 3.63) is 77.4 Å². The second kappa shape index (κ2) is 11.4. The Morgan fingerprint density at radius 3 is 2.44 bits per heavy atom. The smallest absolute Gasteiger partial charge is 0.325 e. The number of carbonyl (C=O) groups excluding carboxylic acids is 1. The maximum Gasteiger partial charge on any atom is 0.325 e. The van der Waals surface area contributed by atoms with Crippen molar-refractivity contribution in [2.45, 2.75) is 39.2 Å². The summed E-state index contributed by atoms with van der Waals surface area (Å²) in [6, 6.07) is 18.6. The average molecular weight is 487 g/mol. The summed E-state index contributed by atoms with van der Waals surface area (Å²) in [7, 11) is 1.87. The van der Waals surface area contributed by atoms with E-state index in [1.165, 1.54) is 0 Å². The van der Waals surface area contributed by atoms with E-state index in [4.69, 9.17) is 4.98 Å². The van der Waals surface area contributed by atoms with E-state index in [2.05, 4.69) is 23.6 Å². The van der Waals surface area contributed by atoms with E-state index in [0.717, 1.165) is 45.9 Å². The molecule has 1 fully saturated rings. The third-order valence-corrected chi connectivity index (χ3v) is 6.99. The fourth-order valence-electron chi connectivity index (χ4n) is 4.92. The van der Waals surface area contributed by atoms with Gasteiger partial charge in [0, 0.05) is 37.3 Å². The lowest BCUT2D eigenvalue weighted by molar-refractivity contribution is -0.144. The number of carbonyl (C=O) groups is 2. The minimum absolute atomic E-state index is 0.0266. The number of aryl methyl sites for hydroxylation is 2. The Bertz CT molecular complexity index is 1220. The molecule has 1 atom stereocenters. The van der Waals surface area contributed by atoms with Crippen molar-refractivity contribution < 1.29 is 14.7 Å². The first-order valence-corrected chi connectivity index (χ1v) is 12.5. The number of carboxylic acid groups (broad SMARTS) is 1. The lowest BCUT2D eigenvalue weighted by Gasteiger charge is -2.35. The molecule has 0 radical (unpaired) electrons. The predicted molar refractivity (Wildman–Crippen MR) is 143 cm³/mol. The minimum Gasteiger partial charge on any atom is -0.480 e. The monoisotopic (exact) mass is 486 g/mol. The van der Waals surface area contributed by atoms with Gasteiger partial charge in [-0.2, -0.15) is 0 Å². The number of hydrogen-bond donors (Lipinski definition) is 3. The first-order valence-electron chi connectivity index (χ1n) is 12.5. The molecule has 2 aromatic carbocycles. The minimum atomic E-state index is -0.863. The molecule has 1 aliphatic rings. The van der Waals surface area contributed by atoms with Crippen LogP contribution in [0.15, 0.2) is 60.7 Å². The molecule has 0 bridgehead atoms. The number of anilines is 2. The van der Waals surface area contributed by atoms with Crippen molar-refractivity contribution in [3.8, 4) is 11.3 Å². The van der Waals surface area contributed by atoms with Crippen LogP contribution in [-0.4, -0.2) is 47.0 Å². The summed E-state index contributed by atoms with van der Waals surface area (Å²) in [6.07, 6.45) is 2.13. The molecule has 3 aromatic rings. The molecule has 1 aliphatic heterocycles. The Balaban J connectivity index is 1.43. The van der Waals surface area contributed by atoms with Gasteiger partial charge in [-0.05, 0) is 61.1 Å². The van der Waals surface area contributed by atoms with Gasteiger partial charge in [0.15, 0.2) is 0 Å². The van der Waals surface area contributed by atoms with E-state index >= 15 is 0 Å². The SMILES string of the molecule is CCc1ccc(-c2cc(NC(=O)C3CCN(C(C(=O)O)c4ccccc4)CC3)ccc2C)nc1NC. The number of pyridine rings is 1. The molecule has 2 heterocycles. The van der Waals surface area contributed by atoms with Crippen molar-refractivity contribution in [1.29, 1.82) is 0 Å². The van der Waals surface area contributed by atoms with E-state index in [0.29, 0.717) is 25.9 Å². The molecule has 7 nitrogen and oxygen atoms in total. The summed E-state index contributed by atoms with van der Waals surface area (Å²) in [4.78, 5) is 31.8. The van der Waals surface area contributed by atoms with Crippen molar-refractivity contribution in [3.63, 3.8) is 0 Å². The molecule has 188 valence electrons. The summed E-state index contributed by atoms with van der Waals surface area (Å²) < 4.78 is 0. The zero-order valence-electron chi connectivity index (χ0n) is 21.1. The molecule has 4 rings (SSSR count). The summed E-state index contributed by atoms with van der Waals surface area (Å²) in [5.74, 6) is -0.181. The first-order chi connectivity index (χ1) is 17.4. The Kier molecular flexibility index (Phi) is 8.00. The number of nitrogens with one attached hydrogen (secondary N) is 2. The molecule has 0 aliphatic carbocycles. The molecular formula is C29H34N4O3. The summed E-state index contributed by atoms with van der Waals surface area (Å²) in [6.45, 7) is 5.26. The van der Waals surface area contributed by atoms with Crippen LogP contribution in [0.5, 0.6) is 0 Å². The average Bonchev–Trinajstić information content (AvgIpc) is 2.90. The van der Waals surface area contributed by atoms with Gasteiger partial charge in [-0.1, -0.05) is 49.4 Å².